The number of hydrogen-bond donors (Lipinski definition) is 0. The summed E-state index contributed by atoms with van der Waals surface area (Å²) in [6.07, 6.45) is 0. The van der Waals surface area contributed by atoms with Crippen LogP contribution in [0.5, 0.6) is 0 Å². The van der Waals surface area contributed by atoms with Gasteiger partial charge in [0.2, 0.25) is 0 Å². The summed E-state index contributed by atoms with van der Waals surface area (Å²) in [6, 6.07) is 2.88. The molecule has 0 radical (unpaired) electrons. The van der Waals surface area contributed by atoms with E-state index >= 15 is 0 Å². The molecule has 0 saturated heterocycles. The summed E-state index contributed by atoms with van der Waals surface area (Å²) in [5, 5.41) is 0. The Labute approximate surface area is 89.5 Å². The Morgan fingerprint density at radius 1 is 1.07 bits per heavy atom. The summed E-state index contributed by atoms with van der Waals surface area (Å²) >= 11 is 0. The lowest BCUT2D eigenvalue weighted by atomic mass is 9.91. The van der Waals surface area contributed by atoms with Gasteiger partial charge in [0.05, 0.1) is 0 Å². The van der Waals surface area contributed by atoms with Crippen LogP contribution in [0.4, 0.5) is 8.78 Å². The van der Waals surface area contributed by atoms with Crippen molar-refractivity contribution in [3.8, 4) is 0 Å². The fraction of sp³-hybridized carbons (Fsp3) is 0.583. The molecule has 1 heterocycles. The van der Waals surface area contributed by atoms with Crippen molar-refractivity contribution in [3.63, 3.8) is 0 Å². The van der Waals surface area contributed by atoms with Crippen LogP contribution in [0.25, 0.3) is 0 Å². The van der Waals surface area contributed by atoms with E-state index in [0.717, 1.165) is 0 Å². The quantitative estimate of drug-likeness (QED) is 0.692. The zero-order valence-electron chi connectivity index (χ0n) is 9.86. The Morgan fingerprint density at radius 2 is 1.60 bits per heavy atom. The zero-order valence-corrected chi connectivity index (χ0v) is 9.86. The largest absolute Gasteiger partial charge is 0.251 e. The molecular formula is C12H17F2N. The van der Waals surface area contributed by atoms with Crippen LogP contribution < -0.4 is 0 Å². The Bertz CT molecular complexity index is 359. The molecule has 0 aromatic carbocycles. The van der Waals surface area contributed by atoms with Gasteiger partial charge in [-0.25, -0.2) is 8.78 Å². The summed E-state index contributed by atoms with van der Waals surface area (Å²) in [4.78, 5) is 4.06. The van der Waals surface area contributed by atoms with Crippen molar-refractivity contribution in [3.05, 3.63) is 29.3 Å². The third kappa shape index (κ3) is 2.74. The molecule has 0 atom stereocenters. The number of rotatable bonds is 1. The lowest BCUT2D eigenvalue weighted by molar-refractivity contribution is 0.205. The molecule has 0 saturated carbocycles. The number of aromatic nitrogens is 1. The molecule has 0 N–H and O–H groups in total. The van der Waals surface area contributed by atoms with Gasteiger partial charge in [0.25, 0.3) is 0 Å². The van der Waals surface area contributed by atoms with Gasteiger partial charge in [0.15, 0.2) is 0 Å². The van der Waals surface area contributed by atoms with E-state index < -0.39 is 11.5 Å². The smallest absolute Gasteiger partial charge is 0.150 e. The van der Waals surface area contributed by atoms with Gasteiger partial charge in [-0.3, -0.25) is 4.98 Å². The summed E-state index contributed by atoms with van der Waals surface area (Å²) in [5.74, 6) is -0.587. The predicted octanol–water partition coefficient (Wildman–Crippen LogP) is 3.72. The average molecular weight is 213 g/mol. The van der Waals surface area contributed by atoms with Crippen LogP contribution in [0.1, 0.15) is 46.0 Å². The first-order chi connectivity index (χ1) is 6.62. The van der Waals surface area contributed by atoms with Crippen LogP contribution in [-0.4, -0.2) is 4.98 Å². The first kappa shape index (κ1) is 12.1. The summed E-state index contributed by atoms with van der Waals surface area (Å²) < 4.78 is 27.0. The predicted molar refractivity (Wildman–Crippen MR) is 57.0 cm³/mol. The molecule has 0 aliphatic rings. The minimum absolute atomic E-state index is 0.116. The summed E-state index contributed by atoms with van der Waals surface area (Å²) in [6.45, 7) is 8.50. The van der Waals surface area contributed by atoms with Crippen molar-refractivity contribution in [2.24, 2.45) is 0 Å². The second kappa shape index (κ2) is 3.54. The van der Waals surface area contributed by atoms with Gasteiger partial charge in [-0.15, -0.1) is 0 Å². The van der Waals surface area contributed by atoms with Gasteiger partial charge >= 0.3 is 0 Å². The summed E-state index contributed by atoms with van der Waals surface area (Å²) in [5.41, 5.74) is -1.36. The maximum atomic E-state index is 13.6. The number of hydrogen-bond acceptors (Lipinski definition) is 1. The highest BCUT2D eigenvalue weighted by atomic mass is 19.1. The monoisotopic (exact) mass is 213 g/mol. The third-order valence-corrected chi connectivity index (χ3v) is 2.18. The highest BCUT2D eigenvalue weighted by molar-refractivity contribution is 5.22. The fourth-order valence-electron chi connectivity index (χ4n) is 1.28. The SMILES string of the molecule is CC(C)(C)c1ccc(F)c(C(C)(C)F)n1. The van der Waals surface area contributed by atoms with E-state index in [2.05, 4.69) is 4.98 Å². The Hall–Kier alpha value is -0.990. The zero-order chi connectivity index (χ0) is 11.9. The molecule has 3 heteroatoms. The van der Waals surface area contributed by atoms with E-state index in [-0.39, 0.29) is 11.1 Å². The van der Waals surface area contributed by atoms with E-state index in [0.29, 0.717) is 5.69 Å². The molecule has 0 fully saturated rings. The van der Waals surface area contributed by atoms with Crippen molar-refractivity contribution < 1.29 is 8.78 Å². The van der Waals surface area contributed by atoms with E-state index in [9.17, 15) is 8.78 Å². The first-order valence-corrected chi connectivity index (χ1v) is 4.99. The number of halogens is 2. The van der Waals surface area contributed by atoms with Crippen LogP contribution >= 0.6 is 0 Å². The van der Waals surface area contributed by atoms with Crippen LogP contribution in [0, 0.1) is 5.82 Å². The van der Waals surface area contributed by atoms with Gasteiger partial charge < -0.3 is 0 Å². The molecule has 0 spiro atoms. The second-order valence-corrected chi connectivity index (χ2v) is 5.25. The lowest BCUT2D eigenvalue weighted by Gasteiger charge is -2.21. The number of pyridine rings is 1. The van der Waals surface area contributed by atoms with E-state index in [1.807, 2.05) is 20.8 Å². The Kier molecular flexibility index (Phi) is 2.85. The summed E-state index contributed by atoms with van der Waals surface area (Å²) in [7, 11) is 0. The van der Waals surface area contributed by atoms with Gasteiger partial charge in [-0.1, -0.05) is 20.8 Å². The number of alkyl halides is 1. The third-order valence-electron chi connectivity index (χ3n) is 2.18. The topological polar surface area (TPSA) is 12.9 Å². The van der Waals surface area contributed by atoms with E-state index in [1.165, 1.54) is 19.9 Å². The highest BCUT2D eigenvalue weighted by Gasteiger charge is 2.27. The van der Waals surface area contributed by atoms with Crippen molar-refractivity contribution in [1.82, 2.24) is 4.98 Å². The molecule has 1 rings (SSSR count). The van der Waals surface area contributed by atoms with Crippen LogP contribution in [-0.2, 0) is 11.1 Å². The second-order valence-electron chi connectivity index (χ2n) is 5.25. The minimum Gasteiger partial charge on any atom is -0.251 e. The molecular weight excluding hydrogens is 196 g/mol. The molecule has 15 heavy (non-hydrogen) atoms. The Balaban J connectivity index is 3.30. The molecule has 1 nitrogen and oxygen atoms in total. The van der Waals surface area contributed by atoms with Crippen molar-refractivity contribution in [2.45, 2.75) is 45.7 Å². The molecule has 1 aromatic rings. The molecule has 84 valence electrons. The Morgan fingerprint density at radius 3 is 2.00 bits per heavy atom. The molecule has 0 unspecified atom stereocenters. The van der Waals surface area contributed by atoms with Crippen LogP contribution in [0.15, 0.2) is 12.1 Å². The van der Waals surface area contributed by atoms with Gasteiger partial charge in [0, 0.05) is 11.1 Å². The maximum Gasteiger partial charge on any atom is 0.150 e. The van der Waals surface area contributed by atoms with Crippen molar-refractivity contribution in [2.75, 3.05) is 0 Å². The molecule has 0 aliphatic carbocycles. The van der Waals surface area contributed by atoms with Crippen LogP contribution in [0.2, 0.25) is 0 Å². The molecule has 0 bridgehead atoms. The first-order valence-electron chi connectivity index (χ1n) is 4.99. The van der Waals surface area contributed by atoms with Gasteiger partial charge in [0.1, 0.15) is 17.2 Å². The van der Waals surface area contributed by atoms with Crippen LogP contribution in [0.3, 0.4) is 0 Å². The minimum atomic E-state index is -1.74. The maximum absolute atomic E-state index is 13.6. The van der Waals surface area contributed by atoms with Crippen molar-refractivity contribution in [1.29, 1.82) is 0 Å². The van der Waals surface area contributed by atoms with Gasteiger partial charge in [-0.05, 0) is 26.0 Å². The number of nitrogens with zero attached hydrogens (tertiary/aromatic N) is 1. The lowest BCUT2D eigenvalue weighted by Crippen LogP contribution is -2.20. The van der Waals surface area contributed by atoms with Crippen molar-refractivity contribution >= 4 is 0 Å². The van der Waals surface area contributed by atoms with E-state index in [4.69, 9.17) is 0 Å². The highest BCUT2D eigenvalue weighted by Crippen LogP contribution is 2.28. The fourth-order valence-corrected chi connectivity index (χ4v) is 1.28. The molecule has 0 amide bonds. The molecule has 0 aliphatic heterocycles. The molecule has 1 aromatic heterocycles. The van der Waals surface area contributed by atoms with E-state index in [1.54, 1.807) is 6.07 Å². The van der Waals surface area contributed by atoms with Gasteiger partial charge in [-0.2, -0.15) is 0 Å². The standard InChI is InChI=1S/C12H17F2N/c1-11(2,3)9-7-6-8(13)10(15-9)12(4,5)14/h6-7H,1-5H3. The average Bonchev–Trinajstić information content (AvgIpc) is 2.00. The normalized spacial score (nSPS) is 13.0.